The molecule has 1 N–H and O–H groups in total. The minimum Gasteiger partial charge on any atom is -0.467 e. The maximum absolute atomic E-state index is 13.8. The maximum Gasteiger partial charge on any atom is 0.181 e. The fraction of sp³-hybridized carbons (Fsp3) is 0.0667. The van der Waals surface area contributed by atoms with E-state index in [1.807, 2.05) is 6.07 Å². The van der Waals surface area contributed by atoms with Crippen LogP contribution in [-0.4, -0.2) is 0 Å². The third-order valence-electron chi connectivity index (χ3n) is 2.96. The Morgan fingerprint density at radius 1 is 1.10 bits per heavy atom. The van der Waals surface area contributed by atoms with Crippen LogP contribution in [0.5, 0.6) is 0 Å². The first-order chi connectivity index (χ1) is 10.1. The second-order valence-corrected chi connectivity index (χ2v) is 6.08. The van der Waals surface area contributed by atoms with Crippen molar-refractivity contribution < 1.29 is 13.2 Å². The fourth-order valence-electron chi connectivity index (χ4n) is 1.99. The highest BCUT2D eigenvalue weighted by atomic mass is 35.5. The van der Waals surface area contributed by atoms with Crippen LogP contribution in [0.4, 0.5) is 14.5 Å². The van der Waals surface area contributed by atoms with E-state index >= 15 is 0 Å². The van der Waals surface area contributed by atoms with Crippen molar-refractivity contribution in [2.24, 2.45) is 0 Å². The number of halogens is 3. The maximum atomic E-state index is 13.8. The number of thiophene rings is 1. The van der Waals surface area contributed by atoms with Gasteiger partial charge in [0.05, 0.1) is 16.3 Å². The first-order valence-electron chi connectivity index (χ1n) is 6.14. The SMILES string of the molecule is Fc1cccc(NC(c2ccco2)c2ccc(Cl)s2)c1F. The van der Waals surface area contributed by atoms with E-state index in [4.69, 9.17) is 16.0 Å². The van der Waals surface area contributed by atoms with Gasteiger partial charge in [-0.2, -0.15) is 0 Å². The van der Waals surface area contributed by atoms with Gasteiger partial charge in [0, 0.05) is 4.88 Å². The molecule has 2 aromatic heterocycles. The van der Waals surface area contributed by atoms with Crippen molar-refractivity contribution >= 4 is 28.6 Å². The topological polar surface area (TPSA) is 25.2 Å². The zero-order valence-electron chi connectivity index (χ0n) is 10.6. The van der Waals surface area contributed by atoms with Gasteiger partial charge < -0.3 is 9.73 Å². The van der Waals surface area contributed by atoms with Crippen LogP contribution >= 0.6 is 22.9 Å². The van der Waals surface area contributed by atoms with E-state index in [2.05, 4.69) is 5.32 Å². The van der Waals surface area contributed by atoms with Gasteiger partial charge >= 0.3 is 0 Å². The Balaban J connectivity index is 1.99. The molecule has 6 heteroatoms. The predicted molar refractivity (Wildman–Crippen MR) is 79.9 cm³/mol. The normalized spacial score (nSPS) is 12.3. The number of hydrogen-bond acceptors (Lipinski definition) is 3. The van der Waals surface area contributed by atoms with E-state index in [-0.39, 0.29) is 5.69 Å². The summed E-state index contributed by atoms with van der Waals surface area (Å²) in [5, 5.41) is 2.96. The molecule has 0 amide bonds. The van der Waals surface area contributed by atoms with Crippen LogP contribution in [0.3, 0.4) is 0 Å². The van der Waals surface area contributed by atoms with Gasteiger partial charge in [-0.15, -0.1) is 11.3 Å². The molecule has 0 saturated carbocycles. The predicted octanol–water partition coefficient (Wildman–Crippen LogP) is 5.47. The summed E-state index contributed by atoms with van der Waals surface area (Å²) in [5.41, 5.74) is 0.0703. The molecule has 0 radical (unpaired) electrons. The highest BCUT2D eigenvalue weighted by molar-refractivity contribution is 7.16. The van der Waals surface area contributed by atoms with E-state index in [0.29, 0.717) is 10.1 Å². The number of nitrogens with one attached hydrogen (secondary N) is 1. The van der Waals surface area contributed by atoms with Crippen molar-refractivity contribution in [2.75, 3.05) is 5.32 Å². The number of benzene rings is 1. The van der Waals surface area contributed by atoms with Crippen molar-refractivity contribution in [3.63, 3.8) is 0 Å². The molecule has 0 spiro atoms. The van der Waals surface area contributed by atoms with Crippen LogP contribution in [-0.2, 0) is 0 Å². The van der Waals surface area contributed by atoms with E-state index in [9.17, 15) is 8.78 Å². The summed E-state index contributed by atoms with van der Waals surface area (Å²) in [6.07, 6.45) is 1.53. The van der Waals surface area contributed by atoms with Crippen molar-refractivity contribution in [1.82, 2.24) is 0 Å². The highest BCUT2D eigenvalue weighted by Gasteiger charge is 2.21. The zero-order valence-corrected chi connectivity index (χ0v) is 12.2. The molecular weight excluding hydrogens is 316 g/mol. The van der Waals surface area contributed by atoms with Gasteiger partial charge in [-0.3, -0.25) is 0 Å². The molecule has 3 rings (SSSR count). The van der Waals surface area contributed by atoms with E-state index < -0.39 is 17.7 Å². The number of hydrogen-bond donors (Lipinski definition) is 1. The standard InChI is InChI=1S/C15H10ClF2NOS/c16-13-7-6-12(21-13)15(11-5-2-8-20-11)19-10-4-1-3-9(17)14(10)18/h1-8,15,19H. The lowest BCUT2D eigenvalue weighted by Crippen LogP contribution is -2.11. The Bertz CT molecular complexity index is 742. The van der Waals surface area contributed by atoms with Gasteiger partial charge in [-0.25, -0.2) is 8.78 Å². The smallest absolute Gasteiger partial charge is 0.181 e. The van der Waals surface area contributed by atoms with Crippen LogP contribution in [0.15, 0.2) is 53.1 Å². The summed E-state index contributed by atoms with van der Waals surface area (Å²) in [7, 11) is 0. The number of furan rings is 1. The van der Waals surface area contributed by atoms with E-state index in [1.54, 1.807) is 18.2 Å². The Morgan fingerprint density at radius 2 is 1.95 bits per heavy atom. The van der Waals surface area contributed by atoms with Gasteiger partial charge in [0.15, 0.2) is 11.6 Å². The molecule has 108 valence electrons. The highest BCUT2D eigenvalue weighted by Crippen LogP contribution is 2.34. The van der Waals surface area contributed by atoms with Gasteiger partial charge in [0.25, 0.3) is 0 Å². The molecule has 0 aliphatic carbocycles. The molecule has 0 fully saturated rings. The quantitative estimate of drug-likeness (QED) is 0.687. The molecule has 1 unspecified atom stereocenters. The minimum absolute atomic E-state index is 0.0703. The molecule has 0 saturated heterocycles. The summed E-state index contributed by atoms with van der Waals surface area (Å²) in [6, 6.07) is 10.6. The Kier molecular flexibility index (Phi) is 3.94. The first-order valence-corrected chi connectivity index (χ1v) is 7.34. The Hall–Kier alpha value is -1.85. The molecule has 0 aliphatic rings. The summed E-state index contributed by atoms with van der Waals surface area (Å²) in [4.78, 5) is 0.846. The molecule has 1 atom stereocenters. The third kappa shape index (κ3) is 2.94. The lowest BCUT2D eigenvalue weighted by Gasteiger charge is -2.17. The number of anilines is 1. The number of rotatable bonds is 4. The summed E-state index contributed by atoms with van der Waals surface area (Å²) >= 11 is 7.30. The third-order valence-corrected chi connectivity index (χ3v) is 4.25. The summed E-state index contributed by atoms with van der Waals surface area (Å²) in [6.45, 7) is 0. The molecular formula is C15H10ClF2NOS. The van der Waals surface area contributed by atoms with Gasteiger partial charge in [0.2, 0.25) is 0 Å². The van der Waals surface area contributed by atoms with E-state index in [1.165, 1.54) is 29.7 Å². The lowest BCUT2D eigenvalue weighted by molar-refractivity contribution is 0.493. The van der Waals surface area contributed by atoms with Crippen LogP contribution in [0.2, 0.25) is 4.34 Å². The van der Waals surface area contributed by atoms with Gasteiger partial charge in [-0.1, -0.05) is 17.7 Å². The Labute approximate surface area is 129 Å². The molecule has 1 aromatic carbocycles. The molecule has 0 bridgehead atoms. The largest absolute Gasteiger partial charge is 0.467 e. The van der Waals surface area contributed by atoms with Crippen LogP contribution in [0, 0.1) is 11.6 Å². The molecule has 2 nitrogen and oxygen atoms in total. The van der Waals surface area contributed by atoms with Crippen molar-refractivity contribution in [2.45, 2.75) is 6.04 Å². The van der Waals surface area contributed by atoms with Crippen LogP contribution < -0.4 is 5.32 Å². The van der Waals surface area contributed by atoms with Crippen LogP contribution in [0.1, 0.15) is 16.7 Å². The van der Waals surface area contributed by atoms with Crippen molar-refractivity contribution in [1.29, 1.82) is 0 Å². The second kappa shape index (κ2) is 5.87. The average Bonchev–Trinajstić information content (AvgIpc) is 3.12. The average molecular weight is 326 g/mol. The summed E-state index contributed by atoms with van der Waals surface area (Å²) < 4.78 is 33.2. The van der Waals surface area contributed by atoms with Crippen LogP contribution in [0.25, 0.3) is 0 Å². The molecule has 3 aromatic rings. The second-order valence-electron chi connectivity index (χ2n) is 4.34. The molecule has 2 heterocycles. The van der Waals surface area contributed by atoms with Gasteiger partial charge in [-0.05, 0) is 36.4 Å². The van der Waals surface area contributed by atoms with Gasteiger partial charge in [0.1, 0.15) is 11.8 Å². The summed E-state index contributed by atoms with van der Waals surface area (Å²) in [5.74, 6) is -1.23. The fourth-order valence-corrected chi connectivity index (χ4v) is 3.11. The van der Waals surface area contributed by atoms with E-state index in [0.717, 1.165) is 10.9 Å². The Morgan fingerprint density at radius 3 is 2.62 bits per heavy atom. The molecule has 0 aliphatic heterocycles. The molecule has 21 heavy (non-hydrogen) atoms. The monoisotopic (exact) mass is 325 g/mol. The zero-order chi connectivity index (χ0) is 14.8. The lowest BCUT2D eigenvalue weighted by atomic mass is 10.1. The first kappa shape index (κ1) is 14.1. The minimum atomic E-state index is -0.920. The van der Waals surface area contributed by atoms with Crippen molar-refractivity contribution in [3.05, 3.63) is 75.3 Å². The van der Waals surface area contributed by atoms with Crippen molar-refractivity contribution in [3.8, 4) is 0 Å².